The fourth-order valence-electron chi connectivity index (χ4n) is 4.48. The number of hydrogen-bond acceptors (Lipinski definition) is 4. The third kappa shape index (κ3) is 6.11. The SMILES string of the molecule is CC(C)(C)OC(=O)NC[C@@H]1[C@H]2CN(Cc3ccccc3)[C@H](CO[Si](C)(C)C(C)(C)C)[C@@H]12. The normalized spacial score (nSPS) is 26.5. The molecule has 0 spiro atoms. The molecule has 1 N–H and O–H groups in total. The van der Waals surface area contributed by atoms with Crippen LogP contribution in [0, 0.1) is 17.8 Å². The van der Waals surface area contributed by atoms with Crippen LogP contribution in [0.2, 0.25) is 18.1 Å². The molecule has 2 fully saturated rings. The fraction of sp³-hybridized carbons (Fsp3) is 0.720. The number of nitrogens with zero attached hydrogens (tertiary/aromatic N) is 1. The number of rotatable bonds is 7. The fourth-order valence-corrected chi connectivity index (χ4v) is 5.50. The summed E-state index contributed by atoms with van der Waals surface area (Å²) >= 11 is 0. The maximum atomic E-state index is 12.1. The van der Waals surface area contributed by atoms with Gasteiger partial charge in [-0.3, -0.25) is 4.90 Å². The Labute approximate surface area is 190 Å². The minimum absolute atomic E-state index is 0.205. The number of alkyl carbamates (subject to hydrolysis) is 1. The Kier molecular flexibility index (Phi) is 6.95. The quantitative estimate of drug-likeness (QED) is 0.579. The first-order valence-electron chi connectivity index (χ1n) is 11.7. The third-order valence-electron chi connectivity index (χ3n) is 7.29. The highest BCUT2D eigenvalue weighted by Crippen LogP contribution is 2.55. The maximum Gasteiger partial charge on any atom is 0.407 e. The standard InChI is InChI=1S/C25H42N2O3Si/c1-24(2,3)30-23(28)26-14-19-20-16-27(15-18-12-10-9-11-13-18)21(22(19)20)17-29-31(7,8)25(4,5)6/h9-13,19-22H,14-17H2,1-8H3,(H,26,28)/t19-,20-,21-,22+/m1/s1. The molecular weight excluding hydrogens is 404 g/mol. The molecule has 0 radical (unpaired) electrons. The van der Waals surface area contributed by atoms with Crippen molar-refractivity contribution in [3.63, 3.8) is 0 Å². The van der Waals surface area contributed by atoms with Crippen LogP contribution in [0.5, 0.6) is 0 Å². The van der Waals surface area contributed by atoms with Gasteiger partial charge in [-0.25, -0.2) is 4.79 Å². The van der Waals surface area contributed by atoms with Gasteiger partial charge in [-0.05, 0) is 62.2 Å². The van der Waals surface area contributed by atoms with Gasteiger partial charge in [0.2, 0.25) is 0 Å². The molecule has 4 atom stereocenters. The Bertz CT molecular complexity index is 754. The molecule has 1 saturated carbocycles. The number of hydrogen-bond donors (Lipinski definition) is 1. The van der Waals surface area contributed by atoms with Gasteiger partial charge in [0.15, 0.2) is 8.32 Å². The van der Waals surface area contributed by atoms with Crippen molar-refractivity contribution in [2.45, 2.75) is 77.9 Å². The molecule has 1 saturated heterocycles. The molecule has 5 nitrogen and oxygen atoms in total. The van der Waals surface area contributed by atoms with Crippen molar-refractivity contribution in [1.29, 1.82) is 0 Å². The van der Waals surface area contributed by atoms with Crippen molar-refractivity contribution in [3.8, 4) is 0 Å². The molecule has 6 heteroatoms. The van der Waals surface area contributed by atoms with Crippen molar-refractivity contribution in [1.82, 2.24) is 10.2 Å². The highest BCUT2D eigenvalue weighted by atomic mass is 28.4. The van der Waals surface area contributed by atoms with Crippen LogP contribution in [0.4, 0.5) is 4.79 Å². The lowest BCUT2D eigenvalue weighted by Gasteiger charge is -2.39. The summed E-state index contributed by atoms with van der Waals surface area (Å²) in [6.07, 6.45) is -0.312. The molecule has 3 rings (SSSR count). The first kappa shape index (κ1) is 24.3. The zero-order chi connectivity index (χ0) is 23.0. The van der Waals surface area contributed by atoms with Crippen molar-refractivity contribution < 1.29 is 14.0 Å². The Morgan fingerprint density at radius 1 is 1.13 bits per heavy atom. The number of ether oxygens (including phenoxy) is 1. The Balaban J connectivity index is 1.62. The third-order valence-corrected chi connectivity index (χ3v) is 11.8. The van der Waals surface area contributed by atoms with Gasteiger partial charge < -0.3 is 14.5 Å². The van der Waals surface area contributed by atoms with Crippen molar-refractivity contribution in [2.24, 2.45) is 17.8 Å². The second kappa shape index (κ2) is 8.87. The van der Waals surface area contributed by atoms with Crippen LogP contribution < -0.4 is 5.32 Å². The van der Waals surface area contributed by atoms with Crippen molar-refractivity contribution in [2.75, 3.05) is 19.7 Å². The lowest BCUT2D eigenvalue weighted by atomic mass is 10.1. The first-order valence-corrected chi connectivity index (χ1v) is 14.6. The summed E-state index contributed by atoms with van der Waals surface area (Å²) in [6, 6.07) is 11.1. The molecule has 0 bridgehead atoms. The van der Waals surface area contributed by atoms with Crippen molar-refractivity contribution >= 4 is 14.4 Å². The van der Waals surface area contributed by atoms with Gasteiger partial charge >= 0.3 is 6.09 Å². The van der Waals surface area contributed by atoms with Crippen LogP contribution in [0.1, 0.15) is 47.1 Å². The number of fused-ring (bicyclic) bond motifs is 1. The molecule has 1 aromatic carbocycles. The van der Waals surface area contributed by atoms with E-state index in [2.05, 4.69) is 74.4 Å². The van der Waals surface area contributed by atoms with Crippen molar-refractivity contribution in [3.05, 3.63) is 35.9 Å². The van der Waals surface area contributed by atoms with Gasteiger partial charge in [0, 0.05) is 32.3 Å². The summed E-state index contributed by atoms with van der Waals surface area (Å²) < 4.78 is 12.1. The van der Waals surface area contributed by atoms with E-state index >= 15 is 0 Å². The average Bonchev–Trinajstić information content (AvgIpc) is 3.18. The number of carbonyl (C=O) groups is 1. The number of likely N-dealkylation sites (tertiary alicyclic amines) is 1. The molecule has 2 aliphatic rings. The summed E-state index contributed by atoms with van der Waals surface area (Å²) in [5.41, 5.74) is 0.889. The molecule has 1 heterocycles. The Morgan fingerprint density at radius 2 is 1.77 bits per heavy atom. The number of carbonyl (C=O) groups excluding carboxylic acids is 1. The van der Waals surface area contributed by atoms with E-state index in [0.717, 1.165) is 19.7 Å². The summed E-state index contributed by atoms with van der Waals surface area (Å²) in [6.45, 7) is 20.8. The van der Waals surface area contributed by atoms with Crippen LogP contribution in [0.15, 0.2) is 30.3 Å². The molecule has 0 unspecified atom stereocenters. The summed E-state index contributed by atoms with van der Waals surface area (Å²) in [7, 11) is -1.81. The summed E-state index contributed by atoms with van der Waals surface area (Å²) in [5.74, 6) is 1.74. The van der Waals surface area contributed by atoms with E-state index in [9.17, 15) is 4.79 Å². The van der Waals surface area contributed by atoms with Crippen LogP contribution in [-0.4, -0.2) is 50.6 Å². The summed E-state index contributed by atoms with van der Waals surface area (Å²) in [4.78, 5) is 14.7. The predicted molar refractivity (Wildman–Crippen MR) is 128 cm³/mol. The smallest absolute Gasteiger partial charge is 0.407 e. The van der Waals surface area contributed by atoms with Gasteiger partial charge in [-0.2, -0.15) is 0 Å². The number of nitrogens with one attached hydrogen (secondary N) is 1. The Morgan fingerprint density at radius 3 is 2.35 bits per heavy atom. The summed E-state index contributed by atoms with van der Waals surface area (Å²) in [5, 5.41) is 3.20. The zero-order valence-corrected chi connectivity index (χ0v) is 21.7. The highest BCUT2D eigenvalue weighted by Gasteiger charge is 2.61. The first-order chi connectivity index (χ1) is 14.3. The van der Waals surface area contributed by atoms with E-state index in [4.69, 9.17) is 9.16 Å². The number of benzene rings is 1. The molecule has 1 aliphatic heterocycles. The number of piperidine rings is 1. The van der Waals surface area contributed by atoms with E-state index in [-0.39, 0.29) is 11.1 Å². The molecule has 1 aliphatic carbocycles. The van der Waals surface area contributed by atoms with Gasteiger partial charge in [-0.15, -0.1) is 0 Å². The molecule has 0 aromatic heterocycles. The van der Waals surface area contributed by atoms with Gasteiger partial charge in [-0.1, -0.05) is 51.1 Å². The van der Waals surface area contributed by atoms with E-state index < -0.39 is 13.9 Å². The maximum absolute atomic E-state index is 12.1. The largest absolute Gasteiger partial charge is 0.444 e. The highest BCUT2D eigenvalue weighted by molar-refractivity contribution is 6.74. The lowest BCUT2D eigenvalue weighted by molar-refractivity contribution is 0.0519. The van der Waals surface area contributed by atoms with E-state index in [1.54, 1.807) is 0 Å². The molecule has 1 aromatic rings. The monoisotopic (exact) mass is 446 g/mol. The van der Waals surface area contributed by atoms with Crippen LogP contribution >= 0.6 is 0 Å². The minimum atomic E-state index is -1.81. The molecule has 174 valence electrons. The lowest BCUT2D eigenvalue weighted by Crippen LogP contribution is -2.46. The minimum Gasteiger partial charge on any atom is -0.444 e. The van der Waals surface area contributed by atoms with Crippen LogP contribution in [-0.2, 0) is 15.7 Å². The van der Waals surface area contributed by atoms with E-state index in [1.165, 1.54) is 5.56 Å². The van der Waals surface area contributed by atoms with E-state index in [0.29, 0.717) is 30.3 Å². The van der Waals surface area contributed by atoms with Gasteiger partial charge in [0.25, 0.3) is 0 Å². The van der Waals surface area contributed by atoms with Crippen LogP contribution in [0.25, 0.3) is 0 Å². The Hall–Kier alpha value is -1.37. The average molecular weight is 447 g/mol. The van der Waals surface area contributed by atoms with Crippen LogP contribution in [0.3, 0.4) is 0 Å². The zero-order valence-electron chi connectivity index (χ0n) is 20.7. The van der Waals surface area contributed by atoms with E-state index in [1.807, 2.05) is 20.8 Å². The molecular formula is C25H42N2O3Si. The van der Waals surface area contributed by atoms with Gasteiger partial charge in [0.05, 0.1) is 0 Å². The second-order valence-electron chi connectivity index (χ2n) is 11.8. The number of amides is 1. The van der Waals surface area contributed by atoms with Gasteiger partial charge in [0.1, 0.15) is 5.60 Å². The molecule has 1 amide bonds. The molecule has 31 heavy (non-hydrogen) atoms. The topological polar surface area (TPSA) is 50.8 Å². The predicted octanol–water partition coefficient (Wildman–Crippen LogP) is 5.28. The second-order valence-corrected chi connectivity index (χ2v) is 16.7.